The second-order valence-corrected chi connectivity index (χ2v) is 6.39. The fraction of sp³-hybridized carbons (Fsp3) is 0.529. The molecule has 1 atom stereocenters. The van der Waals surface area contributed by atoms with Crippen LogP contribution in [0.3, 0.4) is 0 Å². The summed E-state index contributed by atoms with van der Waals surface area (Å²) in [5.74, 6) is 1.81. The standard InChI is InChI=1S/C17H22N4O.ClH/c22-17(15-6-3-9-18-15)21-10-7-12(8-11-21)16-19-13-4-1-2-5-14(13)20-16;/h1-2,4-5,12,15,18H,3,6-11H2,(H,19,20);1H. The third-order valence-corrected chi connectivity index (χ3v) is 4.96. The molecule has 2 aliphatic heterocycles. The van der Waals surface area contributed by atoms with E-state index in [0.29, 0.717) is 11.8 Å². The van der Waals surface area contributed by atoms with Crippen molar-refractivity contribution in [3.05, 3.63) is 30.1 Å². The zero-order chi connectivity index (χ0) is 14.9. The molecule has 0 aliphatic carbocycles. The molecule has 1 amide bonds. The van der Waals surface area contributed by atoms with Crippen molar-refractivity contribution in [1.82, 2.24) is 20.2 Å². The molecular formula is C17H23ClN4O. The molecule has 0 spiro atoms. The lowest BCUT2D eigenvalue weighted by molar-refractivity contribution is -0.134. The molecule has 1 unspecified atom stereocenters. The normalized spacial score (nSPS) is 22.3. The second kappa shape index (κ2) is 6.89. The SMILES string of the molecule is Cl.O=C(C1CCCN1)N1CCC(c2nc3ccccc3[nH]2)CC1. The predicted molar refractivity (Wildman–Crippen MR) is 92.9 cm³/mol. The van der Waals surface area contributed by atoms with Gasteiger partial charge in [0.1, 0.15) is 5.82 Å². The molecule has 2 N–H and O–H groups in total. The van der Waals surface area contributed by atoms with Gasteiger partial charge in [0.05, 0.1) is 17.1 Å². The zero-order valence-electron chi connectivity index (χ0n) is 13.1. The summed E-state index contributed by atoms with van der Waals surface area (Å²) in [5.41, 5.74) is 2.14. The van der Waals surface area contributed by atoms with E-state index in [1.54, 1.807) is 0 Å². The largest absolute Gasteiger partial charge is 0.342 e. The summed E-state index contributed by atoms with van der Waals surface area (Å²) in [5, 5.41) is 3.30. The maximum Gasteiger partial charge on any atom is 0.239 e. The van der Waals surface area contributed by atoms with Crippen LogP contribution in [0.1, 0.15) is 37.4 Å². The molecule has 1 aromatic heterocycles. The molecule has 23 heavy (non-hydrogen) atoms. The molecule has 2 fully saturated rings. The number of aromatic nitrogens is 2. The summed E-state index contributed by atoms with van der Waals surface area (Å²) < 4.78 is 0. The fourth-order valence-electron chi connectivity index (χ4n) is 3.65. The summed E-state index contributed by atoms with van der Waals surface area (Å²) in [6, 6.07) is 8.21. The Kier molecular flexibility index (Phi) is 4.87. The van der Waals surface area contributed by atoms with Gasteiger partial charge >= 0.3 is 0 Å². The average Bonchev–Trinajstić information content (AvgIpc) is 3.23. The first-order chi connectivity index (χ1) is 10.8. The monoisotopic (exact) mass is 334 g/mol. The van der Waals surface area contributed by atoms with Crippen molar-refractivity contribution in [2.75, 3.05) is 19.6 Å². The number of fused-ring (bicyclic) bond motifs is 1. The molecule has 2 aromatic rings. The van der Waals surface area contributed by atoms with Crippen molar-refractivity contribution in [1.29, 1.82) is 0 Å². The third-order valence-electron chi connectivity index (χ3n) is 4.96. The van der Waals surface area contributed by atoms with Gasteiger partial charge < -0.3 is 15.2 Å². The van der Waals surface area contributed by atoms with Crippen LogP contribution in [-0.2, 0) is 4.79 Å². The highest BCUT2D eigenvalue weighted by molar-refractivity contribution is 5.85. The quantitative estimate of drug-likeness (QED) is 0.886. The van der Waals surface area contributed by atoms with Gasteiger partial charge in [0.25, 0.3) is 0 Å². The highest BCUT2D eigenvalue weighted by Crippen LogP contribution is 2.28. The van der Waals surface area contributed by atoms with E-state index in [1.807, 2.05) is 23.1 Å². The number of amides is 1. The molecular weight excluding hydrogens is 312 g/mol. The third kappa shape index (κ3) is 3.21. The van der Waals surface area contributed by atoms with E-state index in [0.717, 1.165) is 62.2 Å². The summed E-state index contributed by atoms with van der Waals surface area (Å²) in [6.07, 6.45) is 4.10. The van der Waals surface area contributed by atoms with Crippen LogP contribution < -0.4 is 5.32 Å². The van der Waals surface area contributed by atoms with Crippen molar-refractivity contribution in [3.8, 4) is 0 Å². The van der Waals surface area contributed by atoms with E-state index in [1.165, 1.54) is 0 Å². The Hall–Kier alpha value is -1.59. The number of rotatable bonds is 2. The Labute approximate surface area is 142 Å². The predicted octanol–water partition coefficient (Wildman–Crippen LogP) is 2.44. The Morgan fingerprint density at radius 1 is 1.17 bits per heavy atom. The van der Waals surface area contributed by atoms with Gasteiger partial charge in [-0.15, -0.1) is 12.4 Å². The Balaban J connectivity index is 0.00000156. The highest BCUT2D eigenvalue weighted by atomic mass is 35.5. The molecule has 6 heteroatoms. The molecule has 4 rings (SSSR count). The van der Waals surface area contributed by atoms with Crippen LogP contribution in [0.4, 0.5) is 0 Å². The molecule has 3 heterocycles. The summed E-state index contributed by atoms with van der Waals surface area (Å²) >= 11 is 0. The zero-order valence-corrected chi connectivity index (χ0v) is 13.9. The van der Waals surface area contributed by atoms with Crippen LogP contribution in [0.15, 0.2) is 24.3 Å². The number of carbonyl (C=O) groups excluding carboxylic acids is 1. The number of H-pyrrole nitrogens is 1. The maximum absolute atomic E-state index is 12.4. The van der Waals surface area contributed by atoms with E-state index in [9.17, 15) is 4.79 Å². The van der Waals surface area contributed by atoms with E-state index in [-0.39, 0.29) is 18.4 Å². The van der Waals surface area contributed by atoms with E-state index >= 15 is 0 Å². The molecule has 5 nitrogen and oxygen atoms in total. The van der Waals surface area contributed by atoms with Crippen molar-refractivity contribution in [2.24, 2.45) is 0 Å². The van der Waals surface area contributed by atoms with Crippen molar-refractivity contribution in [2.45, 2.75) is 37.6 Å². The molecule has 1 aromatic carbocycles. The van der Waals surface area contributed by atoms with Crippen molar-refractivity contribution < 1.29 is 4.79 Å². The number of likely N-dealkylation sites (tertiary alicyclic amines) is 1. The van der Waals surface area contributed by atoms with Crippen LogP contribution >= 0.6 is 12.4 Å². The maximum atomic E-state index is 12.4. The Morgan fingerprint density at radius 3 is 2.65 bits per heavy atom. The molecule has 2 aliphatic rings. The minimum Gasteiger partial charge on any atom is -0.342 e. The van der Waals surface area contributed by atoms with Gasteiger partial charge in [0, 0.05) is 19.0 Å². The summed E-state index contributed by atoms with van der Waals surface area (Å²) in [4.78, 5) is 22.6. The minimum atomic E-state index is 0. The highest BCUT2D eigenvalue weighted by Gasteiger charge is 2.30. The van der Waals surface area contributed by atoms with Gasteiger partial charge in [0.2, 0.25) is 5.91 Å². The second-order valence-electron chi connectivity index (χ2n) is 6.39. The van der Waals surface area contributed by atoms with Gasteiger partial charge in [-0.25, -0.2) is 4.98 Å². The van der Waals surface area contributed by atoms with E-state index < -0.39 is 0 Å². The number of imidazole rings is 1. The number of benzene rings is 1. The number of carbonyl (C=O) groups is 1. The van der Waals surface area contributed by atoms with Crippen molar-refractivity contribution in [3.63, 3.8) is 0 Å². The fourth-order valence-corrected chi connectivity index (χ4v) is 3.65. The lowest BCUT2D eigenvalue weighted by Crippen LogP contribution is -2.46. The minimum absolute atomic E-state index is 0. The Bertz CT molecular complexity index is 639. The average molecular weight is 335 g/mol. The Morgan fingerprint density at radius 2 is 1.96 bits per heavy atom. The molecule has 0 bridgehead atoms. The lowest BCUT2D eigenvalue weighted by atomic mass is 9.95. The first-order valence-electron chi connectivity index (χ1n) is 8.28. The van der Waals surface area contributed by atoms with Crippen molar-refractivity contribution >= 4 is 29.3 Å². The van der Waals surface area contributed by atoms with Crippen LogP contribution in [0, 0.1) is 0 Å². The molecule has 2 saturated heterocycles. The summed E-state index contributed by atoms with van der Waals surface area (Å²) in [7, 11) is 0. The van der Waals surface area contributed by atoms with Crippen LogP contribution in [0.25, 0.3) is 11.0 Å². The first kappa shape index (κ1) is 16.3. The number of hydrogen-bond donors (Lipinski definition) is 2. The number of piperidine rings is 1. The van der Waals surface area contributed by atoms with E-state index in [4.69, 9.17) is 4.98 Å². The van der Waals surface area contributed by atoms with Crippen LogP contribution in [-0.4, -0.2) is 46.5 Å². The number of para-hydroxylation sites is 2. The molecule has 0 radical (unpaired) electrons. The van der Waals surface area contributed by atoms with Gasteiger partial charge in [-0.3, -0.25) is 4.79 Å². The van der Waals surface area contributed by atoms with Crippen LogP contribution in [0.5, 0.6) is 0 Å². The smallest absolute Gasteiger partial charge is 0.239 e. The number of nitrogens with one attached hydrogen (secondary N) is 2. The van der Waals surface area contributed by atoms with Gasteiger partial charge in [0.15, 0.2) is 0 Å². The molecule has 124 valence electrons. The topological polar surface area (TPSA) is 61.0 Å². The number of hydrogen-bond acceptors (Lipinski definition) is 3. The molecule has 0 saturated carbocycles. The number of halogens is 1. The van der Waals surface area contributed by atoms with Gasteiger partial charge in [-0.05, 0) is 44.4 Å². The van der Waals surface area contributed by atoms with Crippen LogP contribution in [0.2, 0.25) is 0 Å². The van der Waals surface area contributed by atoms with E-state index in [2.05, 4.69) is 16.4 Å². The first-order valence-corrected chi connectivity index (χ1v) is 8.28. The number of aromatic amines is 1. The van der Waals surface area contributed by atoms with Gasteiger partial charge in [-0.1, -0.05) is 12.1 Å². The lowest BCUT2D eigenvalue weighted by Gasteiger charge is -2.32. The summed E-state index contributed by atoms with van der Waals surface area (Å²) in [6.45, 7) is 2.67. The van der Waals surface area contributed by atoms with Gasteiger partial charge in [-0.2, -0.15) is 0 Å². The number of nitrogens with zero attached hydrogens (tertiary/aromatic N) is 2.